The van der Waals surface area contributed by atoms with E-state index in [1.54, 1.807) is 7.11 Å². The van der Waals surface area contributed by atoms with Crippen molar-refractivity contribution in [3.63, 3.8) is 0 Å². The van der Waals surface area contributed by atoms with E-state index >= 15 is 0 Å². The van der Waals surface area contributed by atoms with Crippen LogP contribution in [-0.4, -0.2) is 30.1 Å². The summed E-state index contributed by atoms with van der Waals surface area (Å²) in [4.78, 5) is 8.42. The zero-order valence-corrected chi connectivity index (χ0v) is 14.5. The molecular formula is C19H22N2OS. The summed E-state index contributed by atoms with van der Waals surface area (Å²) < 4.78 is 5.28. The summed E-state index contributed by atoms with van der Waals surface area (Å²) in [7, 11) is 1.76. The Labute approximate surface area is 141 Å². The Morgan fingerprint density at radius 3 is 2.83 bits per heavy atom. The number of aromatic nitrogens is 1. The fraction of sp³-hybridized carbons (Fsp3) is 0.316. The Balaban J connectivity index is 1.77. The first-order valence-corrected chi connectivity index (χ1v) is 8.72. The number of aryl methyl sites for hydroxylation is 1. The molecule has 0 radical (unpaired) electrons. The third kappa shape index (κ3) is 4.16. The maximum absolute atomic E-state index is 5.28. The van der Waals surface area contributed by atoms with E-state index in [0.717, 1.165) is 31.8 Å². The zero-order chi connectivity index (χ0) is 16.1. The monoisotopic (exact) mass is 326 g/mol. The zero-order valence-electron chi connectivity index (χ0n) is 13.7. The van der Waals surface area contributed by atoms with Crippen molar-refractivity contribution in [2.75, 3.05) is 20.3 Å². The molecule has 0 saturated carbocycles. The van der Waals surface area contributed by atoms with E-state index in [4.69, 9.17) is 4.74 Å². The number of hydrogen-bond acceptors (Lipinski definition) is 4. The molecule has 0 spiro atoms. The molecule has 4 heteroatoms. The van der Waals surface area contributed by atoms with Gasteiger partial charge in [-0.3, -0.25) is 9.88 Å². The third-order valence-corrected chi connectivity index (χ3v) is 5.01. The maximum atomic E-state index is 5.28. The number of pyridine rings is 1. The average molecular weight is 326 g/mol. The van der Waals surface area contributed by atoms with Gasteiger partial charge >= 0.3 is 0 Å². The standard InChI is InChI=1S/C19H22N2OS/c1-15-7-10-23-19(15)14-21(8-9-22-2)13-16-11-17-5-3-4-6-18(17)20-12-16/h3-7,10-12H,8-9,13-14H2,1-2H3. The highest BCUT2D eigenvalue weighted by Crippen LogP contribution is 2.20. The predicted octanol–water partition coefficient (Wildman–Crippen LogP) is 4.25. The van der Waals surface area contributed by atoms with E-state index in [1.807, 2.05) is 23.6 Å². The lowest BCUT2D eigenvalue weighted by molar-refractivity contribution is 0.140. The number of ether oxygens (including phenoxy) is 1. The Bertz CT molecular complexity index is 769. The van der Waals surface area contributed by atoms with Gasteiger partial charge in [0.15, 0.2) is 0 Å². The highest BCUT2D eigenvalue weighted by molar-refractivity contribution is 7.10. The average Bonchev–Trinajstić information content (AvgIpc) is 2.97. The lowest BCUT2D eigenvalue weighted by Crippen LogP contribution is -2.26. The lowest BCUT2D eigenvalue weighted by atomic mass is 10.1. The van der Waals surface area contributed by atoms with E-state index in [-0.39, 0.29) is 0 Å². The minimum Gasteiger partial charge on any atom is -0.383 e. The SMILES string of the molecule is COCCN(Cc1cnc2ccccc2c1)Cc1sccc1C. The Morgan fingerprint density at radius 1 is 1.17 bits per heavy atom. The van der Waals surface area contributed by atoms with Crippen LogP contribution in [0.3, 0.4) is 0 Å². The Hall–Kier alpha value is -1.75. The number of fused-ring (bicyclic) bond motifs is 1. The molecule has 0 unspecified atom stereocenters. The number of para-hydroxylation sites is 1. The normalized spacial score (nSPS) is 11.4. The van der Waals surface area contributed by atoms with Gasteiger partial charge < -0.3 is 4.74 Å². The Kier molecular flexibility index (Phi) is 5.39. The van der Waals surface area contributed by atoms with Gasteiger partial charge in [-0.05, 0) is 41.6 Å². The van der Waals surface area contributed by atoms with Crippen LogP contribution in [-0.2, 0) is 17.8 Å². The topological polar surface area (TPSA) is 25.4 Å². The molecule has 2 aromatic heterocycles. The van der Waals surface area contributed by atoms with Crippen LogP contribution in [0.25, 0.3) is 10.9 Å². The van der Waals surface area contributed by atoms with Crippen LogP contribution >= 0.6 is 11.3 Å². The van der Waals surface area contributed by atoms with Crippen LogP contribution in [0.1, 0.15) is 16.0 Å². The van der Waals surface area contributed by atoms with Crippen molar-refractivity contribution in [2.45, 2.75) is 20.0 Å². The minimum absolute atomic E-state index is 0.742. The summed E-state index contributed by atoms with van der Waals surface area (Å²) in [5.41, 5.74) is 3.66. The molecule has 0 N–H and O–H groups in total. The van der Waals surface area contributed by atoms with Crippen LogP contribution in [0.15, 0.2) is 48.0 Å². The molecule has 0 aliphatic rings. The number of nitrogens with zero attached hydrogens (tertiary/aromatic N) is 2. The van der Waals surface area contributed by atoms with Gasteiger partial charge in [0, 0.05) is 43.2 Å². The molecule has 23 heavy (non-hydrogen) atoms. The van der Waals surface area contributed by atoms with E-state index in [2.05, 4.69) is 52.5 Å². The van der Waals surface area contributed by atoms with Crippen molar-refractivity contribution in [2.24, 2.45) is 0 Å². The van der Waals surface area contributed by atoms with Gasteiger partial charge in [-0.2, -0.15) is 0 Å². The van der Waals surface area contributed by atoms with Crippen molar-refractivity contribution in [3.8, 4) is 0 Å². The van der Waals surface area contributed by atoms with Crippen molar-refractivity contribution in [1.82, 2.24) is 9.88 Å². The second-order valence-corrected chi connectivity index (χ2v) is 6.77. The molecule has 0 bridgehead atoms. The minimum atomic E-state index is 0.742. The molecule has 0 fully saturated rings. The van der Waals surface area contributed by atoms with E-state index < -0.39 is 0 Å². The number of benzene rings is 1. The summed E-state index contributed by atoms with van der Waals surface area (Å²) in [6.07, 6.45) is 1.99. The molecule has 120 valence electrons. The van der Waals surface area contributed by atoms with Crippen LogP contribution in [0.2, 0.25) is 0 Å². The highest BCUT2D eigenvalue weighted by atomic mass is 32.1. The molecule has 0 amide bonds. The van der Waals surface area contributed by atoms with Crippen molar-refractivity contribution < 1.29 is 4.74 Å². The van der Waals surface area contributed by atoms with Gasteiger partial charge in [-0.1, -0.05) is 18.2 Å². The first kappa shape index (κ1) is 16.1. The fourth-order valence-corrected chi connectivity index (χ4v) is 3.61. The van der Waals surface area contributed by atoms with E-state index in [0.29, 0.717) is 0 Å². The number of thiophene rings is 1. The number of methoxy groups -OCH3 is 1. The van der Waals surface area contributed by atoms with Crippen LogP contribution in [0.5, 0.6) is 0 Å². The smallest absolute Gasteiger partial charge is 0.0702 e. The molecule has 0 atom stereocenters. The highest BCUT2D eigenvalue weighted by Gasteiger charge is 2.10. The summed E-state index contributed by atoms with van der Waals surface area (Å²) in [5.74, 6) is 0. The Morgan fingerprint density at radius 2 is 2.04 bits per heavy atom. The van der Waals surface area contributed by atoms with Crippen LogP contribution in [0.4, 0.5) is 0 Å². The first-order chi connectivity index (χ1) is 11.3. The van der Waals surface area contributed by atoms with Gasteiger partial charge in [0.25, 0.3) is 0 Å². The molecule has 0 saturated heterocycles. The van der Waals surface area contributed by atoms with Gasteiger partial charge in [0.05, 0.1) is 12.1 Å². The predicted molar refractivity (Wildman–Crippen MR) is 96.8 cm³/mol. The first-order valence-electron chi connectivity index (χ1n) is 7.84. The molecule has 1 aromatic carbocycles. The van der Waals surface area contributed by atoms with E-state index in [1.165, 1.54) is 21.4 Å². The summed E-state index contributed by atoms with van der Waals surface area (Å²) in [6.45, 7) is 5.68. The molecule has 0 aliphatic heterocycles. The molecule has 3 aromatic rings. The maximum Gasteiger partial charge on any atom is 0.0702 e. The van der Waals surface area contributed by atoms with Crippen LogP contribution < -0.4 is 0 Å². The van der Waals surface area contributed by atoms with Crippen LogP contribution in [0, 0.1) is 6.92 Å². The summed E-state index contributed by atoms with van der Waals surface area (Å²) in [5, 5.41) is 3.36. The molecule has 3 rings (SSSR count). The van der Waals surface area contributed by atoms with Gasteiger partial charge in [-0.25, -0.2) is 0 Å². The molecule has 3 nitrogen and oxygen atoms in total. The second kappa shape index (κ2) is 7.68. The quantitative estimate of drug-likeness (QED) is 0.649. The van der Waals surface area contributed by atoms with Gasteiger partial charge in [0.1, 0.15) is 0 Å². The van der Waals surface area contributed by atoms with Gasteiger partial charge in [-0.15, -0.1) is 11.3 Å². The summed E-state index contributed by atoms with van der Waals surface area (Å²) >= 11 is 1.83. The number of hydrogen-bond donors (Lipinski definition) is 0. The fourth-order valence-electron chi connectivity index (χ4n) is 2.66. The number of rotatable bonds is 7. The van der Waals surface area contributed by atoms with E-state index in [9.17, 15) is 0 Å². The summed E-state index contributed by atoms with van der Waals surface area (Å²) in [6, 6.07) is 12.7. The molecule has 2 heterocycles. The molecule has 0 aliphatic carbocycles. The third-order valence-electron chi connectivity index (χ3n) is 4.00. The van der Waals surface area contributed by atoms with Crippen molar-refractivity contribution >= 4 is 22.2 Å². The van der Waals surface area contributed by atoms with Crippen molar-refractivity contribution in [1.29, 1.82) is 0 Å². The van der Waals surface area contributed by atoms with Gasteiger partial charge in [0.2, 0.25) is 0 Å². The molecular weight excluding hydrogens is 304 g/mol. The second-order valence-electron chi connectivity index (χ2n) is 5.77. The lowest BCUT2D eigenvalue weighted by Gasteiger charge is -2.22. The van der Waals surface area contributed by atoms with Crippen molar-refractivity contribution in [3.05, 3.63) is 64.0 Å². The largest absolute Gasteiger partial charge is 0.383 e.